The summed E-state index contributed by atoms with van der Waals surface area (Å²) in [6, 6.07) is 0.0859. The number of nitrogens with zero attached hydrogens (tertiary/aromatic N) is 1. The first-order chi connectivity index (χ1) is 9.98. The number of amides is 2. The van der Waals surface area contributed by atoms with E-state index in [1.807, 2.05) is 11.8 Å². The van der Waals surface area contributed by atoms with E-state index in [2.05, 4.69) is 12.2 Å². The van der Waals surface area contributed by atoms with Gasteiger partial charge in [0.05, 0.1) is 0 Å². The zero-order chi connectivity index (χ0) is 15.5. The smallest absolute Gasteiger partial charge is 0.329 e. The topological polar surface area (TPSA) is 69.6 Å². The van der Waals surface area contributed by atoms with E-state index >= 15 is 0 Å². The zero-order valence-electron chi connectivity index (χ0n) is 13.2. The molecule has 2 unspecified atom stereocenters. The van der Waals surface area contributed by atoms with Gasteiger partial charge in [-0.15, -0.1) is 0 Å². The van der Waals surface area contributed by atoms with Gasteiger partial charge >= 0.3 is 12.0 Å². The van der Waals surface area contributed by atoms with Gasteiger partial charge in [-0.25, -0.2) is 9.59 Å². The molecule has 0 bridgehead atoms. The van der Waals surface area contributed by atoms with Crippen LogP contribution in [0.15, 0.2) is 0 Å². The van der Waals surface area contributed by atoms with Crippen molar-refractivity contribution in [2.75, 3.05) is 6.54 Å². The van der Waals surface area contributed by atoms with Gasteiger partial charge in [0.1, 0.15) is 5.54 Å². The fraction of sp³-hybridized carbons (Fsp3) is 0.875. The van der Waals surface area contributed by atoms with Crippen LogP contribution in [0.3, 0.4) is 0 Å². The lowest BCUT2D eigenvalue weighted by Gasteiger charge is -2.39. The van der Waals surface area contributed by atoms with E-state index in [1.54, 1.807) is 0 Å². The third kappa shape index (κ3) is 3.50. The average molecular weight is 296 g/mol. The molecule has 120 valence electrons. The minimum atomic E-state index is -1.07. The molecular formula is C16H28N2O3. The van der Waals surface area contributed by atoms with Gasteiger partial charge in [-0.2, -0.15) is 0 Å². The Morgan fingerprint density at radius 2 is 1.90 bits per heavy atom. The number of urea groups is 1. The van der Waals surface area contributed by atoms with Gasteiger partial charge in [0.25, 0.3) is 0 Å². The molecule has 0 aromatic carbocycles. The predicted molar refractivity (Wildman–Crippen MR) is 81.2 cm³/mol. The van der Waals surface area contributed by atoms with Crippen molar-refractivity contribution in [1.29, 1.82) is 0 Å². The van der Waals surface area contributed by atoms with Crippen LogP contribution in [0.4, 0.5) is 4.79 Å². The molecule has 21 heavy (non-hydrogen) atoms. The van der Waals surface area contributed by atoms with Crippen LogP contribution < -0.4 is 5.32 Å². The molecule has 2 atom stereocenters. The lowest BCUT2D eigenvalue weighted by atomic mass is 9.76. The standard InChI is InChI=1S/C16H28N2O3/c1-3-18(13-8-4-5-9-13)15(21)17-16(14(19)20)10-6-7-12(2)11-16/h12-13H,3-11H2,1-2H3,(H,17,21)(H,19,20). The van der Waals surface area contributed by atoms with Crippen molar-refractivity contribution >= 4 is 12.0 Å². The largest absolute Gasteiger partial charge is 0.480 e. The summed E-state index contributed by atoms with van der Waals surface area (Å²) in [5, 5.41) is 12.5. The van der Waals surface area contributed by atoms with Gasteiger partial charge in [-0.1, -0.05) is 32.6 Å². The van der Waals surface area contributed by atoms with E-state index < -0.39 is 11.5 Å². The van der Waals surface area contributed by atoms with E-state index in [0.29, 0.717) is 25.3 Å². The third-order valence-electron chi connectivity index (χ3n) is 5.12. The Hall–Kier alpha value is -1.26. The Balaban J connectivity index is 2.08. The molecule has 0 aromatic rings. The Morgan fingerprint density at radius 3 is 2.43 bits per heavy atom. The first-order valence-corrected chi connectivity index (χ1v) is 8.30. The minimum absolute atomic E-state index is 0.194. The number of carboxylic acids is 1. The maximum atomic E-state index is 12.6. The van der Waals surface area contributed by atoms with Gasteiger partial charge in [-0.3, -0.25) is 0 Å². The molecule has 0 aromatic heterocycles. The highest BCUT2D eigenvalue weighted by atomic mass is 16.4. The summed E-state index contributed by atoms with van der Waals surface area (Å²) in [6.07, 6.45) is 7.39. The monoisotopic (exact) mass is 296 g/mol. The van der Waals surface area contributed by atoms with E-state index in [9.17, 15) is 14.7 Å². The molecule has 0 radical (unpaired) electrons. The number of hydrogen-bond acceptors (Lipinski definition) is 2. The highest BCUT2D eigenvalue weighted by Gasteiger charge is 2.44. The van der Waals surface area contributed by atoms with Crippen molar-refractivity contribution in [3.8, 4) is 0 Å². The fourth-order valence-corrected chi connectivity index (χ4v) is 3.97. The number of carbonyl (C=O) groups is 2. The number of hydrogen-bond donors (Lipinski definition) is 2. The molecule has 2 saturated carbocycles. The van der Waals surface area contributed by atoms with Crippen molar-refractivity contribution in [3.05, 3.63) is 0 Å². The van der Waals surface area contributed by atoms with Crippen LogP contribution >= 0.6 is 0 Å². The van der Waals surface area contributed by atoms with Crippen LogP contribution in [0.25, 0.3) is 0 Å². The first kappa shape index (κ1) is 16.1. The molecule has 2 amide bonds. The number of carboxylic acid groups (broad SMARTS) is 1. The van der Waals surface area contributed by atoms with Crippen molar-refractivity contribution in [2.24, 2.45) is 5.92 Å². The first-order valence-electron chi connectivity index (χ1n) is 8.30. The molecule has 2 rings (SSSR count). The van der Waals surface area contributed by atoms with Crippen LogP contribution in [-0.2, 0) is 4.79 Å². The van der Waals surface area contributed by atoms with Crippen LogP contribution in [-0.4, -0.2) is 40.1 Å². The van der Waals surface area contributed by atoms with E-state index in [0.717, 1.165) is 38.5 Å². The summed E-state index contributed by atoms with van der Waals surface area (Å²) in [6.45, 7) is 4.67. The molecule has 0 aliphatic heterocycles. The molecule has 2 aliphatic rings. The van der Waals surface area contributed by atoms with Crippen LogP contribution in [0, 0.1) is 5.92 Å². The van der Waals surface area contributed by atoms with Crippen LogP contribution in [0.1, 0.15) is 65.2 Å². The zero-order valence-corrected chi connectivity index (χ0v) is 13.2. The second-order valence-corrected chi connectivity index (χ2v) is 6.74. The highest BCUT2D eigenvalue weighted by Crippen LogP contribution is 2.33. The molecule has 2 aliphatic carbocycles. The van der Waals surface area contributed by atoms with Crippen molar-refractivity contribution in [2.45, 2.75) is 76.8 Å². The molecular weight excluding hydrogens is 268 g/mol. The van der Waals surface area contributed by atoms with Crippen LogP contribution in [0.2, 0.25) is 0 Å². The number of nitrogens with one attached hydrogen (secondary N) is 1. The highest BCUT2D eigenvalue weighted by molar-refractivity contribution is 5.86. The third-order valence-corrected chi connectivity index (χ3v) is 5.12. The summed E-state index contributed by atoms with van der Waals surface area (Å²) >= 11 is 0. The molecule has 2 fully saturated rings. The molecule has 0 saturated heterocycles. The predicted octanol–water partition coefficient (Wildman–Crippen LogP) is 2.99. The van der Waals surface area contributed by atoms with Gasteiger partial charge in [0.15, 0.2) is 0 Å². The lowest BCUT2D eigenvalue weighted by Crippen LogP contribution is -2.60. The van der Waals surface area contributed by atoms with Crippen LogP contribution in [0.5, 0.6) is 0 Å². The average Bonchev–Trinajstić information content (AvgIpc) is 2.93. The molecule has 0 heterocycles. The van der Waals surface area contributed by atoms with Crippen molar-refractivity contribution < 1.29 is 14.7 Å². The summed E-state index contributed by atoms with van der Waals surface area (Å²) in [7, 11) is 0. The number of carbonyl (C=O) groups excluding carboxylic acids is 1. The summed E-state index contributed by atoms with van der Waals surface area (Å²) in [5.74, 6) is -0.540. The van der Waals surface area contributed by atoms with E-state index in [1.165, 1.54) is 0 Å². The summed E-state index contributed by atoms with van der Waals surface area (Å²) < 4.78 is 0. The number of rotatable bonds is 4. The SMILES string of the molecule is CCN(C(=O)NC1(C(=O)O)CCCC(C)C1)C1CCCC1. The van der Waals surface area contributed by atoms with E-state index in [4.69, 9.17) is 0 Å². The second-order valence-electron chi connectivity index (χ2n) is 6.74. The lowest BCUT2D eigenvalue weighted by molar-refractivity contribution is -0.146. The maximum absolute atomic E-state index is 12.6. The van der Waals surface area contributed by atoms with Crippen molar-refractivity contribution in [1.82, 2.24) is 10.2 Å². The van der Waals surface area contributed by atoms with Gasteiger partial charge in [0.2, 0.25) is 0 Å². The Kier molecular flexibility index (Phi) is 5.12. The second kappa shape index (κ2) is 6.67. The Morgan fingerprint density at radius 1 is 1.24 bits per heavy atom. The molecule has 5 nitrogen and oxygen atoms in total. The summed E-state index contributed by atoms with van der Waals surface area (Å²) in [4.78, 5) is 26.2. The maximum Gasteiger partial charge on any atom is 0.329 e. The van der Waals surface area contributed by atoms with Gasteiger partial charge < -0.3 is 15.3 Å². The molecule has 0 spiro atoms. The number of aliphatic carboxylic acids is 1. The minimum Gasteiger partial charge on any atom is -0.480 e. The molecule has 5 heteroatoms. The molecule has 2 N–H and O–H groups in total. The summed E-state index contributed by atoms with van der Waals surface area (Å²) in [5.41, 5.74) is -1.07. The normalized spacial score (nSPS) is 30.1. The van der Waals surface area contributed by atoms with E-state index in [-0.39, 0.29) is 12.1 Å². The fourth-order valence-electron chi connectivity index (χ4n) is 3.97. The van der Waals surface area contributed by atoms with Gasteiger partial charge in [-0.05, 0) is 38.5 Å². The Labute approximate surface area is 127 Å². The van der Waals surface area contributed by atoms with Crippen molar-refractivity contribution in [3.63, 3.8) is 0 Å². The Bertz CT molecular complexity index is 393. The van der Waals surface area contributed by atoms with Gasteiger partial charge in [0, 0.05) is 12.6 Å². The quantitative estimate of drug-likeness (QED) is 0.838.